The number of carbonyl (C=O) groups is 1. The van der Waals surface area contributed by atoms with Gasteiger partial charge in [0, 0.05) is 18.9 Å². The Morgan fingerprint density at radius 2 is 2.04 bits per heavy atom. The number of ether oxygens (including phenoxy) is 2. The molecule has 0 N–H and O–H groups in total. The molecular weight excluding hydrogens is 324 g/mol. The van der Waals surface area contributed by atoms with Crippen LogP contribution in [0, 0.1) is 6.92 Å². The van der Waals surface area contributed by atoms with E-state index in [4.69, 9.17) is 9.47 Å². The number of benzene rings is 1. The smallest absolute Gasteiger partial charge is 0.330 e. The fraction of sp³-hybridized carbons (Fsp3) is 0.333. The predicted molar refractivity (Wildman–Crippen MR) is 96.2 cm³/mol. The Morgan fingerprint density at radius 3 is 2.67 bits per heavy atom. The maximum atomic E-state index is 11.5. The van der Waals surface area contributed by atoms with E-state index in [2.05, 4.69) is 4.98 Å². The summed E-state index contributed by atoms with van der Waals surface area (Å²) in [4.78, 5) is 16.0. The van der Waals surface area contributed by atoms with Gasteiger partial charge in [-0.3, -0.25) is 0 Å². The molecule has 0 bridgehead atoms. The van der Waals surface area contributed by atoms with E-state index in [1.807, 2.05) is 42.8 Å². The SMILES string of the molecule is CCOC(=O)/C=C/c1c(C)nc(SCc2ccc(OC)cc2)n1C. The van der Waals surface area contributed by atoms with Crippen molar-refractivity contribution in [2.75, 3.05) is 13.7 Å². The first-order valence-electron chi connectivity index (χ1n) is 7.69. The van der Waals surface area contributed by atoms with E-state index in [9.17, 15) is 4.79 Å². The van der Waals surface area contributed by atoms with Crippen LogP contribution < -0.4 is 4.74 Å². The number of rotatable bonds is 7. The molecule has 2 aromatic rings. The Hall–Kier alpha value is -2.21. The van der Waals surface area contributed by atoms with Crippen LogP contribution in [0.25, 0.3) is 6.08 Å². The average molecular weight is 346 g/mol. The minimum absolute atomic E-state index is 0.342. The van der Waals surface area contributed by atoms with Crippen LogP contribution in [0.1, 0.15) is 23.9 Å². The third kappa shape index (κ3) is 4.64. The first-order valence-corrected chi connectivity index (χ1v) is 8.67. The zero-order chi connectivity index (χ0) is 17.5. The number of aryl methyl sites for hydroxylation is 1. The van der Waals surface area contributed by atoms with E-state index in [0.717, 1.165) is 28.0 Å². The zero-order valence-electron chi connectivity index (χ0n) is 14.4. The molecule has 5 nitrogen and oxygen atoms in total. The van der Waals surface area contributed by atoms with Crippen molar-refractivity contribution >= 4 is 23.8 Å². The molecule has 0 aliphatic carbocycles. The molecule has 1 aromatic heterocycles. The average Bonchev–Trinajstić information content (AvgIpc) is 2.85. The van der Waals surface area contributed by atoms with Gasteiger partial charge < -0.3 is 14.0 Å². The van der Waals surface area contributed by atoms with Crippen molar-refractivity contribution in [2.24, 2.45) is 7.05 Å². The van der Waals surface area contributed by atoms with Crippen molar-refractivity contribution in [1.29, 1.82) is 0 Å². The van der Waals surface area contributed by atoms with Crippen LogP contribution >= 0.6 is 11.8 Å². The van der Waals surface area contributed by atoms with Gasteiger partial charge in [-0.1, -0.05) is 23.9 Å². The van der Waals surface area contributed by atoms with Crippen LogP contribution in [0.2, 0.25) is 0 Å². The highest BCUT2D eigenvalue weighted by Gasteiger charge is 2.10. The Bertz CT molecular complexity index is 721. The van der Waals surface area contributed by atoms with Gasteiger partial charge in [-0.2, -0.15) is 0 Å². The van der Waals surface area contributed by atoms with Gasteiger partial charge in [-0.05, 0) is 37.6 Å². The van der Waals surface area contributed by atoms with Crippen LogP contribution in [0.4, 0.5) is 0 Å². The van der Waals surface area contributed by atoms with Crippen molar-refractivity contribution in [3.8, 4) is 5.75 Å². The molecule has 0 saturated carbocycles. The number of hydrogen-bond acceptors (Lipinski definition) is 5. The number of imidazole rings is 1. The summed E-state index contributed by atoms with van der Waals surface area (Å²) >= 11 is 1.65. The van der Waals surface area contributed by atoms with Gasteiger partial charge in [0.25, 0.3) is 0 Å². The largest absolute Gasteiger partial charge is 0.497 e. The van der Waals surface area contributed by atoms with Crippen LogP contribution in [-0.4, -0.2) is 29.2 Å². The molecule has 1 aromatic carbocycles. The lowest BCUT2D eigenvalue weighted by atomic mass is 10.2. The number of methoxy groups -OCH3 is 1. The molecule has 0 aliphatic rings. The fourth-order valence-corrected chi connectivity index (χ4v) is 3.17. The van der Waals surface area contributed by atoms with Gasteiger partial charge in [-0.15, -0.1) is 0 Å². The number of hydrogen-bond donors (Lipinski definition) is 0. The maximum Gasteiger partial charge on any atom is 0.330 e. The predicted octanol–water partition coefficient (Wildman–Crippen LogP) is 3.61. The lowest BCUT2D eigenvalue weighted by molar-refractivity contribution is -0.137. The molecule has 0 aliphatic heterocycles. The summed E-state index contributed by atoms with van der Waals surface area (Å²) in [5.41, 5.74) is 2.99. The highest BCUT2D eigenvalue weighted by atomic mass is 32.2. The van der Waals surface area contributed by atoms with Crippen molar-refractivity contribution in [3.05, 3.63) is 47.3 Å². The van der Waals surface area contributed by atoms with Crippen molar-refractivity contribution in [1.82, 2.24) is 9.55 Å². The molecule has 6 heteroatoms. The van der Waals surface area contributed by atoms with Crippen LogP contribution in [0.3, 0.4) is 0 Å². The van der Waals surface area contributed by atoms with E-state index in [-0.39, 0.29) is 5.97 Å². The number of aromatic nitrogens is 2. The summed E-state index contributed by atoms with van der Waals surface area (Å²) < 4.78 is 12.1. The van der Waals surface area contributed by atoms with E-state index in [1.165, 1.54) is 11.6 Å². The van der Waals surface area contributed by atoms with E-state index in [0.29, 0.717) is 6.61 Å². The number of esters is 1. The van der Waals surface area contributed by atoms with Gasteiger partial charge in [0.05, 0.1) is 25.1 Å². The number of nitrogens with zero attached hydrogens (tertiary/aromatic N) is 2. The standard InChI is InChI=1S/C18H22N2O3S/c1-5-23-17(21)11-10-16-13(2)19-18(20(16)3)24-12-14-6-8-15(22-4)9-7-14/h6-11H,5,12H2,1-4H3/b11-10+. The minimum Gasteiger partial charge on any atom is -0.497 e. The molecule has 2 rings (SSSR count). The maximum absolute atomic E-state index is 11.5. The molecule has 1 heterocycles. The summed E-state index contributed by atoms with van der Waals surface area (Å²) in [5, 5.41) is 0.909. The molecule has 0 saturated heterocycles. The van der Waals surface area contributed by atoms with Gasteiger partial charge in [0.15, 0.2) is 5.16 Å². The van der Waals surface area contributed by atoms with Crippen LogP contribution in [0.5, 0.6) is 5.75 Å². The molecule has 0 radical (unpaired) electrons. The highest BCUT2D eigenvalue weighted by molar-refractivity contribution is 7.98. The van der Waals surface area contributed by atoms with E-state index >= 15 is 0 Å². The van der Waals surface area contributed by atoms with Crippen molar-refractivity contribution in [2.45, 2.75) is 24.8 Å². The Kier molecular flexibility index (Phi) is 6.49. The summed E-state index contributed by atoms with van der Waals surface area (Å²) in [6.45, 7) is 4.09. The summed E-state index contributed by atoms with van der Waals surface area (Å²) in [6.07, 6.45) is 3.18. The number of carbonyl (C=O) groups excluding carboxylic acids is 1. The van der Waals surface area contributed by atoms with E-state index < -0.39 is 0 Å². The zero-order valence-corrected chi connectivity index (χ0v) is 15.2. The quantitative estimate of drug-likeness (QED) is 0.435. The summed E-state index contributed by atoms with van der Waals surface area (Å²) in [6, 6.07) is 7.99. The summed E-state index contributed by atoms with van der Waals surface area (Å²) in [5.74, 6) is 1.32. The lowest BCUT2D eigenvalue weighted by Gasteiger charge is -2.05. The Morgan fingerprint density at radius 1 is 1.33 bits per heavy atom. The first kappa shape index (κ1) is 18.1. The van der Waals surface area contributed by atoms with Crippen molar-refractivity contribution < 1.29 is 14.3 Å². The molecular formula is C18H22N2O3S. The molecule has 0 fully saturated rings. The van der Waals surface area contributed by atoms with Gasteiger partial charge >= 0.3 is 5.97 Å². The monoisotopic (exact) mass is 346 g/mol. The first-order chi connectivity index (χ1) is 11.5. The Labute approximate surface area is 146 Å². The molecule has 0 spiro atoms. The molecule has 24 heavy (non-hydrogen) atoms. The summed E-state index contributed by atoms with van der Waals surface area (Å²) in [7, 11) is 3.60. The van der Waals surface area contributed by atoms with Gasteiger partial charge in [-0.25, -0.2) is 9.78 Å². The molecule has 0 unspecified atom stereocenters. The van der Waals surface area contributed by atoms with Crippen LogP contribution in [-0.2, 0) is 22.3 Å². The molecule has 128 valence electrons. The van der Waals surface area contributed by atoms with Crippen LogP contribution in [0.15, 0.2) is 35.5 Å². The highest BCUT2D eigenvalue weighted by Crippen LogP contribution is 2.25. The van der Waals surface area contributed by atoms with Gasteiger partial charge in [0.1, 0.15) is 5.75 Å². The van der Waals surface area contributed by atoms with Crippen molar-refractivity contribution in [3.63, 3.8) is 0 Å². The topological polar surface area (TPSA) is 53.4 Å². The third-order valence-electron chi connectivity index (χ3n) is 3.47. The molecule has 0 atom stereocenters. The third-order valence-corrected chi connectivity index (χ3v) is 4.57. The lowest BCUT2D eigenvalue weighted by Crippen LogP contribution is -2.00. The Balaban J connectivity index is 2.06. The fourth-order valence-electron chi connectivity index (χ4n) is 2.19. The second-order valence-electron chi connectivity index (χ2n) is 5.15. The van der Waals surface area contributed by atoms with Gasteiger partial charge in [0.2, 0.25) is 0 Å². The number of thioether (sulfide) groups is 1. The van der Waals surface area contributed by atoms with E-state index in [1.54, 1.807) is 31.9 Å². The normalized spacial score (nSPS) is 11.0. The second-order valence-corrected chi connectivity index (χ2v) is 6.09. The minimum atomic E-state index is -0.342. The second kappa shape index (κ2) is 8.59. The molecule has 0 amide bonds.